The van der Waals surface area contributed by atoms with Crippen molar-refractivity contribution in [2.24, 2.45) is 11.5 Å². The van der Waals surface area contributed by atoms with Gasteiger partial charge in [-0.3, -0.25) is 4.79 Å². The zero-order valence-corrected chi connectivity index (χ0v) is 11.8. The number of carbonyl (C=O) groups is 1. The van der Waals surface area contributed by atoms with Crippen LogP contribution in [0.1, 0.15) is 28.2 Å². The van der Waals surface area contributed by atoms with E-state index >= 15 is 0 Å². The Hall–Kier alpha value is -3.15. The molecule has 0 radical (unpaired) electrons. The second-order valence-electron chi connectivity index (χ2n) is 4.52. The molecule has 1 aromatic carbocycles. The zero-order valence-electron chi connectivity index (χ0n) is 11.8. The summed E-state index contributed by atoms with van der Waals surface area (Å²) in [5.41, 5.74) is 13.4. The van der Waals surface area contributed by atoms with Crippen molar-refractivity contribution in [2.45, 2.75) is 6.42 Å². The first kappa shape index (κ1) is 15.2. The number of hydrogen-bond acceptors (Lipinski definition) is 4. The van der Waals surface area contributed by atoms with Gasteiger partial charge in [-0.2, -0.15) is 5.26 Å². The van der Waals surface area contributed by atoms with E-state index in [1.54, 1.807) is 30.3 Å². The van der Waals surface area contributed by atoms with Gasteiger partial charge in [0.25, 0.3) is 5.91 Å². The van der Waals surface area contributed by atoms with E-state index < -0.39 is 5.91 Å². The first-order valence-corrected chi connectivity index (χ1v) is 6.65. The third-order valence-electron chi connectivity index (χ3n) is 2.89. The normalized spacial score (nSPS) is 9.45. The van der Waals surface area contributed by atoms with Crippen LogP contribution in [0.15, 0.2) is 36.4 Å². The van der Waals surface area contributed by atoms with Gasteiger partial charge in [-0.05, 0) is 41.3 Å². The highest BCUT2D eigenvalue weighted by Crippen LogP contribution is 2.22. The summed E-state index contributed by atoms with van der Waals surface area (Å²) in [4.78, 5) is 15.5. The number of pyridine rings is 1. The Balaban J connectivity index is 2.53. The summed E-state index contributed by atoms with van der Waals surface area (Å²) in [5.74, 6) is 5.12. The lowest BCUT2D eigenvalue weighted by Gasteiger charge is -2.05. The number of hydrogen-bond donors (Lipinski definition) is 2. The number of nitrogens with zero attached hydrogens (tertiary/aromatic N) is 2. The lowest BCUT2D eigenvalue weighted by Crippen LogP contribution is -2.13. The standard InChI is InChI=1S/C17H14N4O/c18-7-2-1-6-15-9-14(10-16(21-15)17(20)22)13-5-3-4-12(8-13)11-19/h3-5,8-10H,2,7,18H2,(H2,20,22). The molecular weight excluding hydrogens is 276 g/mol. The number of nitriles is 1. The van der Waals surface area contributed by atoms with Crippen LogP contribution in [0, 0.1) is 23.2 Å². The predicted octanol–water partition coefficient (Wildman–Crippen LogP) is 1.42. The van der Waals surface area contributed by atoms with Crippen LogP contribution in [-0.2, 0) is 0 Å². The second kappa shape index (κ2) is 7.03. The number of amides is 1. The van der Waals surface area contributed by atoms with Crippen molar-refractivity contribution in [2.75, 3.05) is 6.54 Å². The summed E-state index contributed by atoms with van der Waals surface area (Å²) >= 11 is 0. The van der Waals surface area contributed by atoms with Gasteiger partial charge in [0.2, 0.25) is 0 Å². The second-order valence-corrected chi connectivity index (χ2v) is 4.52. The molecule has 4 N–H and O–H groups in total. The molecule has 0 spiro atoms. The highest BCUT2D eigenvalue weighted by atomic mass is 16.1. The molecule has 0 aliphatic rings. The van der Waals surface area contributed by atoms with E-state index in [4.69, 9.17) is 16.7 Å². The molecule has 0 saturated heterocycles. The molecule has 5 nitrogen and oxygen atoms in total. The van der Waals surface area contributed by atoms with Crippen molar-refractivity contribution in [3.63, 3.8) is 0 Å². The van der Waals surface area contributed by atoms with Crippen molar-refractivity contribution >= 4 is 5.91 Å². The van der Waals surface area contributed by atoms with E-state index in [1.807, 2.05) is 6.07 Å². The predicted molar refractivity (Wildman–Crippen MR) is 83.5 cm³/mol. The summed E-state index contributed by atoms with van der Waals surface area (Å²) < 4.78 is 0. The molecular formula is C17H14N4O. The SMILES string of the molecule is N#Cc1cccc(-c2cc(C#CCCN)nc(C(N)=O)c2)c1. The molecule has 5 heteroatoms. The molecule has 0 atom stereocenters. The van der Waals surface area contributed by atoms with Gasteiger partial charge >= 0.3 is 0 Å². The van der Waals surface area contributed by atoms with Gasteiger partial charge in [-0.25, -0.2) is 4.98 Å². The summed E-state index contributed by atoms with van der Waals surface area (Å²) in [5, 5.41) is 8.98. The van der Waals surface area contributed by atoms with Crippen molar-refractivity contribution in [1.29, 1.82) is 5.26 Å². The molecule has 2 rings (SSSR count). The highest BCUT2D eigenvalue weighted by Gasteiger charge is 2.08. The number of primary amides is 1. The fourth-order valence-electron chi connectivity index (χ4n) is 1.88. The molecule has 0 bridgehead atoms. The van der Waals surface area contributed by atoms with Crippen LogP contribution >= 0.6 is 0 Å². The van der Waals surface area contributed by atoms with E-state index in [0.29, 0.717) is 24.2 Å². The Morgan fingerprint density at radius 2 is 2.05 bits per heavy atom. The maximum atomic E-state index is 11.4. The Bertz CT molecular complexity index is 809. The van der Waals surface area contributed by atoms with Gasteiger partial charge in [0.05, 0.1) is 11.6 Å². The van der Waals surface area contributed by atoms with E-state index in [1.165, 1.54) is 0 Å². The Labute approximate surface area is 128 Å². The summed E-state index contributed by atoms with van der Waals surface area (Å²) in [7, 11) is 0. The number of nitrogens with two attached hydrogens (primary N) is 2. The largest absolute Gasteiger partial charge is 0.364 e. The van der Waals surface area contributed by atoms with Crippen LogP contribution in [0.2, 0.25) is 0 Å². The molecule has 108 valence electrons. The minimum atomic E-state index is -0.625. The minimum Gasteiger partial charge on any atom is -0.364 e. The van der Waals surface area contributed by atoms with Gasteiger partial charge in [0.1, 0.15) is 11.4 Å². The lowest BCUT2D eigenvalue weighted by atomic mass is 10.0. The minimum absolute atomic E-state index is 0.136. The molecule has 1 aromatic heterocycles. The van der Waals surface area contributed by atoms with Crippen LogP contribution in [0.3, 0.4) is 0 Å². The number of benzene rings is 1. The van der Waals surface area contributed by atoms with Gasteiger partial charge in [-0.1, -0.05) is 18.1 Å². The smallest absolute Gasteiger partial charge is 0.267 e. The van der Waals surface area contributed by atoms with Crippen molar-refractivity contribution < 1.29 is 4.79 Å². The van der Waals surface area contributed by atoms with Gasteiger partial charge in [-0.15, -0.1) is 0 Å². The molecule has 22 heavy (non-hydrogen) atoms. The van der Waals surface area contributed by atoms with Gasteiger partial charge in [0.15, 0.2) is 0 Å². The van der Waals surface area contributed by atoms with Crippen LogP contribution in [-0.4, -0.2) is 17.4 Å². The number of rotatable bonds is 3. The molecule has 0 aliphatic heterocycles. The summed E-state index contributed by atoms with van der Waals surface area (Å²) in [6.45, 7) is 0.458. The maximum Gasteiger partial charge on any atom is 0.267 e. The average Bonchev–Trinajstić information content (AvgIpc) is 2.55. The van der Waals surface area contributed by atoms with E-state index in [2.05, 4.69) is 22.9 Å². The molecule has 0 fully saturated rings. The van der Waals surface area contributed by atoms with Crippen molar-refractivity contribution in [1.82, 2.24) is 4.98 Å². The molecule has 1 heterocycles. The Morgan fingerprint density at radius 3 is 2.73 bits per heavy atom. The first-order chi connectivity index (χ1) is 10.6. The van der Waals surface area contributed by atoms with Crippen molar-refractivity contribution in [3.8, 4) is 29.0 Å². The third kappa shape index (κ3) is 3.69. The van der Waals surface area contributed by atoms with E-state index in [9.17, 15) is 4.79 Å². The van der Waals surface area contributed by atoms with Crippen LogP contribution in [0.5, 0.6) is 0 Å². The van der Waals surface area contributed by atoms with Gasteiger partial charge in [0, 0.05) is 13.0 Å². The van der Waals surface area contributed by atoms with E-state index in [0.717, 1.165) is 11.1 Å². The fourth-order valence-corrected chi connectivity index (χ4v) is 1.88. The zero-order chi connectivity index (χ0) is 15.9. The van der Waals surface area contributed by atoms with Crippen LogP contribution in [0.4, 0.5) is 0 Å². The summed E-state index contributed by atoms with van der Waals surface area (Å²) in [6.07, 6.45) is 0.543. The first-order valence-electron chi connectivity index (χ1n) is 6.65. The molecule has 0 aliphatic carbocycles. The quantitative estimate of drug-likeness (QED) is 0.834. The van der Waals surface area contributed by atoms with E-state index in [-0.39, 0.29) is 5.69 Å². The molecule has 0 unspecified atom stereocenters. The maximum absolute atomic E-state index is 11.4. The topological polar surface area (TPSA) is 106 Å². The van der Waals surface area contributed by atoms with Crippen LogP contribution in [0.25, 0.3) is 11.1 Å². The fraction of sp³-hybridized carbons (Fsp3) is 0.118. The number of carbonyl (C=O) groups excluding carboxylic acids is 1. The Kier molecular flexibility index (Phi) is 4.87. The third-order valence-corrected chi connectivity index (χ3v) is 2.89. The molecule has 2 aromatic rings. The highest BCUT2D eigenvalue weighted by molar-refractivity contribution is 5.92. The lowest BCUT2D eigenvalue weighted by molar-refractivity contribution is 0.0995. The van der Waals surface area contributed by atoms with Crippen molar-refractivity contribution in [3.05, 3.63) is 53.3 Å². The number of aromatic nitrogens is 1. The molecule has 0 saturated carbocycles. The Morgan fingerprint density at radius 1 is 1.23 bits per heavy atom. The average molecular weight is 290 g/mol. The summed E-state index contributed by atoms with van der Waals surface area (Å²) in [6, 6.07) is 12.5. The molecule has 1 amide bonds. The van der Waals surface area contributed by atoms with Crippen LogP contribution < -0.4 is 11.5 Å². The van der Waals surface area contributed by atoms with Gasteiger partial charge < -0.3 is 11.5 Å². The monoisotopic (exact) mass is 290 g/mol.